The first-order chi connectivity index (χ1) is 17.2. The third kappa shape index (κ3) is 3.10. The summed E-state index contributed by atoms with van der Waals surface area (Å²) in [6, 6.07) is 6.33. The largest absolute Gasteiger partial charge is 0.468 e. The zero-order valence-electron chi connectivity index (χ0n) is 22.0. The van der Waals surface area contributed by atoms with E-state index < -0.39 is 5.41 Å². The number of Topliss-reactive ketones (excluding diaryl/α,β-unsaturated/α-hetero) is 1. The van der Waals surface area contributed by atoms with Crippen LogP contribution >= 0.6 is 0 Å². The number of hydrogen-bond acceptors (Lipinski definition) is 5. The second-order valence-electron chi connectivity index (χ2n) is 12.1. The molecule has 5 nitrogen and oxygen atoms in total. The molecule has 4 aliphatic carbocycles. The maximum atomic E-state index is 13.9. The Morgan fingerprint density at radius 1 is 1.11 bits per heavy atom. The van der Waals surface area contributed by atoms with Crippen molar-refractivity contribution in [2.24, 2.45) is 23.2 Å². The number of ether oxygens (including phenoxy) is 1. The van der Waals surface area contributed by atoms with Crippen molar-refractivity contribution in [1.29, 1.82) is 0 Å². The highest BCUT2D eigenvalue weighted by atomic mass is 16.5. The van der Waals surface area contributed by atoms with E-state index in [9.17, 15) is 14.4 Å². The van der Waals surface area contributed by atoms with Crippen LogP contribution in [0.5, 0.6) is 0 Å². The van der Waals surface area contributed by atoms with Gasteiger partial charge in [-0.1, -0.05) is 24.6 Å². The average Bonchev–Trinajstić information content (AvgIpc) is 3.41. The molecule has 1 aromatic rings. The van der Waals surface area contributed by atoms with Gasteiger partial charge in [0.25, 0.3) is 0 Å². The molecule has 0 bridgehead atoms. The molecule has 1 heterocycles. The lowest BCUT2D eigenvalue weighted by atomic mass is 9.52. The number of carbonyl (C=O) groups excluding carboxylic acids is 3. The maximum Gasteiger partial charge on any atom is 0.321 e. The predicted octanol–water partition coefficient (Wildman–Crippen LogP) is 5.11. The fourth-order valence-electron chi connectivity index (χ4n) is 8.94. The van der Waals surface area contributed by atoms with Crippen molar-refractivity contribution in [3.05, 3.63) is 52.1 Å². The summed E-state index contributed by atoms with van der Waals surface area (Å²) in [5.74, 6) is 0.955. The SMILES string of the molecule is COC(=O)C1(c2ccc3c(c2)CCN3C)CC(=O)C=C2CC[C@@H]3C(=C21)CC[C@]1(C)[C@@H](C(C)=O)CC[C@@H]31. The van der Waals surface area contributed by atoms with Crippen LogP contribution in [0.3, 0.4) is 0 Å². The highest BCUT2D eigenvalue weighted by Crippen LogP contribution is 2.64. The summed E-state index contributed by atoms with van der Waals surface area (Å²) in [5.41, 5.74) is 5.73. The monoisotopic (exact) mass is 487 g/mol. The van der Waals surface area contributed by atoms with Gasteiger partial charge in [-0.05, 0) is 104 Å². The van der Waals surface area contributed by atoms with Crippen molar-refractivity contribution in [2.75, 3.05) is 25.6 Å². The van der Waals surface area contributed by atoms with Crippen LogP contribution in [0.15, 0.2) is 41.0 Å². The molecular formula is C31H37NO4. The number of esters is 1. The molecule has 2 saturated carbocycles. The van der Waals surface area contributed by atoms with Gasteiger partial charge >= 0.3 is 5.97 Å². The van der Waals surface area contributed by atoms with Crippen molar-refractivity contribution in [1.82, 2.24) is 0 Å². The van der Waals surface area contributed by atoms with Gasteiger partial charge in [0.05, 0.1) is 7.11 Å². The number of hydrogen-bond donors (Lipinski definition) is 0. The molecule has 6 rings (SSSR count). The summed E-state index contributed by atoms with van der Waals surface area (Å²) >= 11 is 0. The third-order valence-corrected chi connectivity index (χ3v) is 10.6. The molecule has 0 N–H and O–H groups in total. The summed E-state index contributed by atoms with van der Waals surface area (Å²) in [6.45, 7) is 5.05. The minimum atomic E-state index is -1.09. The normalized spacial score (nSPS) is 35.0. The molecule has 1 aromatic carbocycles. The van der Waals surface area contributed by atoms with Gasteiger partial charge in [-0.15, -0.1) is 0 Å². The molecule has 0 radical (unpaired) electrons. The molecule has 5 aliphatic rings. The topological polar surface area (TPSA) is 63.7 Å². The molecule has 0 spiro atoms. The van der Waals surface area contributed by atoms with E-state index in [0.717, 1.165) is 68.2 Å². The lowest BCUT2D eigenvalue weighted by Crippen LogP contribution is -2.48. The van der Waals surface area contributed by atoms with E-state index in [2.05, 4.69) is 37.1 Å². The number of likely N-dealkylation sites (N-methyl/N-ethyl adjacent to an activating group) is 1. The smallest absolute Gasteiger partial charge is 0.321 e. The number of ketones is 2. The standard InChI is InChI=1S/C31H37NO4/c1-18(33)25-8-9-26-23-7-5-20-16-22(34)17-31(29(35)36-4,28(20)24(23)11-13-30(25,26)2)21-6-10-27-19(15-21)12-14-32(27)3/h6,10,15-16,23,25-26H,5,7-9,11-14,17H2,1-4H3/t23-,25-,26+,30-,31?/m1/s1. The van der Waals surface area contributed by atoms with Crippen molar-refractivity contribution in [2.45, 2.75) is 70.6 Å². The summed E-state index contributed by atoms with van der Waals surface area (Å²) in [6.07, 6.45) is 8.55. The van der Waals surface area contributed by atoms with Gasteiger partial charge in [-0.3, -0.25) is 14.4 Å². The van der Waals surface area contributed by atoms with Crippen LogP contribution < -0.4 is 4.90 Å². The number of rotatable bonds is 3. The first-order valence-corrected chi connectivity index (χ1v) is 13.6. The Kier molecular flexibility index (Phi) is 5.37. The third-order valence-electron chi connectivity index (χ3n) is 10.6. The van der Waals surface area contributed by atoms with Gasteiger partial charge in [0, 0.05) is 31.6 Å². The highest BCUT2D eigenvalue weighted by molar-refractivity contribution is 6.03. The van der Waals surface area contributed by atoms with Crippen LogP contribution in [0.25, 0.3) is 0 Å². The van der Waals surface area contributed by atoms with E-state index in [1.54, 1.807) is 6.92 Å². The lowest BCUT2D eigenvalue weighted by Gasteiger charge is -2.51. The first-order valence-electron chi connectivity index (χ1n) is 13.6. The lowest BCUT2D eigenvalue weighted by molar-refractivity contribution is -0.147. The van der Waals surface area contributed by atoms with Gasteiger partial charge in [0.15, 0.2) is 5.78 Å². The second kappa shape index (κ2) is 8.16. The number of carbonyl (C=O) groups is 3. The Balaban J connectivity index is 1.55. The summed E-state index contributed by atoms with van der Waals surface area (Å²) in [5, 5.41) is 0. The van der Waals surface area contributed by atoms with E-state index >= 15 is 0 Å². The Hall–Kier alpha value is -2.69. The van der Waals surface area contributed by atoms with E-state index in [0.29, 0.717) is 17.6 Å². The molecule has 1 aliphatic heterocycles. The summed E-state index contributed by atoms with van der Waals surface area (Å²) in [7, 11) is 3.55. The molecule has 0 saturated heterocycles. The minimum Gasteiger partial charge on any atom is -0.468 e. The Morgan fingerprint density at radius 3 is 2.67 bits per heavy atom. The van der Waals surface area contributed by atoms with Gasteiger partial charge in [0.1, 0.15) is 11.2 Å². The van der Waals surface area contributed by atoms with Gasteiger partial charge < -0.3 is 9.64 Å². The molecule has 190 valence electrons. The van der Waals surface area contributed by atoms with Crippen LogP contribution in [-0.4, -0.2) is 38.2 Å². The molecule has 0 amide bonds. The fourth-order valence-corrected chi connectivity index (χ4v) is 8.94. The molecule has 36 heavy (non-hydrogen) atoms. The number of methoxy groups -OCH3 is 1. The fraction of sp³-hybridized carbons (Fsp3) is 0.581. The predicted molar refractivity (Wildman–Crippen MR) is 139 cm³/mol. The van der Waals surface area contributed by atoms with E-state index in [4.69, 9.17) is 4.74 Å². The molecule has 0 aromatic heterocycles. The van der Waals surface area contributed by atoms with Crippen LogP contribution in [-0.2, 0) is 31.0 Å². The Labute approximate surface area is 214 Å². The quantitative estimate of drug-likeness (QED) is 0.555. The van der Waals surface area contributed by atoms with E-state index in [-0.39, 0.29) is 29.5 Å². The van der Waals surface area contributed by atoms with Gasteiger partial charge in [0.2, 0.25) is 0 Å². The van der Waals surface area contributed by atoms with Crippen molar-refractivity contribution < 1.29 is 19.1 Å². The number of benzene rings is 1. The van der Waals surface area contributed by atoms with E-state index in [1.807, 2.05) is 6.08 Å². The Bertz CT molecular complexity index is 1240. The zero-order valence-corrected chi connectivity index (χ0v) is 22.0. The van der Waals surface area contributed by atoms with Gasteiger partial charge in [-0.25, -0.2) is 0 Å². The highest BCUT2D eigenvalue weighted by Gasteiger charge is 2.58. The first kappa shape index (κ1) is 23.7. The zero-order chi connectivity index (χ0) is 25.4. The molecule has 5 heteroatoms. The average molecular weight is 488 g/mol. The number of anilines is 1. The molecule has 5 atom stereocenters. The summed E-state index contributed by atoms with van der Waals surface area (Å²) in [4.78, 5) is 41.8. The van der Waals surface area contributed by atoms with Crippen molar-refractivity contribution in [3.8, 4) is 0 Å². The van der Waals surface area contributed by atoms with Gasteiger partial charge in [-0.2, -0.15) is 0 Å². The molecule has 1 unspecified atom stereocenters. The van der Waals surface area contributed by atoms with Crippen LogP contribution in [0.4, 0.5) is 5.69 Å². The molecule has 2 fully saturated rings. The number of fused-ring (bicyclic) bond motifs is 5. The van der Waals surface area contributed by atoms with Crippen LogP contribution in [0.2, 0.25) is 0 Å². The van der Waals surface area contributed by atoms with Crippen molar-refractivity contribution in [3.63, 3.8) is 0 Å². The summed E-state index contributed by atoms with van der Waals surface area (Å²) < 4.78 is 5.51. The van der Waals surface area contributed by atoms with Crippen LogP contribution in [0.1, 0.15) is 69.9 Å². The molecular weight excluding hydrogens is 450 g/mol. The van der Waals surface area contributed by atoms with Crippen LogP contribution in [0, 0.1) is 23.2 Å². The van der Waals surface area contributed by atoms with E-state index in [1.165, 1.54) is 23.9 Å². The van der Waals surface area contributed by atoms with Crippen molar-refractivity contribution >= 4 is 23.2 Å². The number of allylic oxidation sites excluding steroid dienone is 3. The second-order valence-corrected chi connectivity index (χ2v) is 12.1. The maximum absolute atomic E-state index is 13.9. The Morgan fingerprint density at radius 2 is 1.92 bits per heavy atom. The number of nitrogens with zero attached hydrogens (tertiary/aromatic N) is 1. The minimum absolute atomic E-state index is 0.00831.